The van der Waals surface area contributed by atoms with Gasteiger partial charge in [-0.3, -0.25) is 4.79 Å². The van der Waals surface area contributed by atoms with Gasteiger partial charge in [-0.1, -0.05) is 60.7 Å². The van der Waals surface area contributed by atoms with Gasteiger partial charge < -0.3 is 0 Å². The van der Waals surface area contributed by atoms with Crippen LogP contribution in [0.5, 0.6) is 0 Å². The standard InChI is InChI=1S/C14H11ClO/c15-14(16)13-9-5-4-8-12(13)10-11-6-2-1-3-7-11/h1-10,13H. The van der Waals surface area contributed by atoms with Crippen LogP contribution in [0.15, 0.2) is 60.2 Å². The van der Waals surface area contributed by atoms with Crippen molar-refractivity contribution in [3.63, 3.8) is 0 Å². The third-order valence-electron chi connectivity index (χ3n) is 2.44. The van der Waals surface area contributed by atoms with Crippen LogP contribution < -0.4 is 0 Å². The molecule has 0 saturated heterocycles. The SMILES string of the molecule is O=C(Cl)C1C=CC=CC1=Cc1ccccc1. The molecule has 0 N–H and O–H groups in total. The normalized spacial score (nSPS) is 21.3. The lowest BCUT2D eigenvalue weighted by molar-refractivity contribution is -0.113. The highest BCUT2D eigenvalue weighted by Crippen LogP contribution is 2.23. The van der Waals surface area contributed by atoms with Crippen LogP contribution >= 0.6 is 11.6 Å². The molecule has 0 heterocycles. The van der Waals surface area contributed by atoms with E-state index in [2.05, 4.69) is 0 Å². The minimum absolute atomic E-state index is 0.327. The topological polar surface area (TPSA) is 17.1 Å². The first kappa shape index (κ1) is 10.9. The zero-order chi connectivity index (χ0) is 11.4. The molecule has 0 radical (unpaired) electrons. The second-order valence-corrected chi connectivity index (χ2v) is 3.95. The fourth-order valence-corrected chi connectivity index (χ4v) is 1.84. The lowest BCUT2D eigenvalue weighted by atomic mass is 9.94. The molecule has 1 nitrogen and oxygen atoms in total. The van der Waals surface area contributed by atoms with Gasteiger partial charge in [0.05, 0.1) is 5.92 Å². The number of hydrogen-bond donors (Lipinski definition) is 0. The summed E-state index contributed by atoms with van der Waals surface area (Å²) in [7, 11) is 0. The average Bonchev–Trinajstić information content (AvgIpc) is 2.31. The molecule has 2 heteroatoms. The zero-order valence-electron chi connectivity index (χ0n) is 8.64. The first-order valence-corrected chi connectivity index (χ1v) is 5.46. The van der Waals surface area contributed by atoms with Gasteiger partial charge in [0.2, 0.25) is 5.24 Å². The van der Waals surface area contributed by atoms with Gasteiger partial charge in [-0.15, -0.1) is 0 Å². The fraction of sp³-hybridized carbons (Fsp3) is 0.0714. The fourth-order valence-electron chi connectivity index (χ4n) is 1.64. The molecule has 1 aromatic rings. The maximum absolute atomic E-state index is 11.2. The maximum Gasteiger partial charge on any atom is 0.232 e. The van der Waals surface area contributed by atoms with E-state index < -0.39 is 0 Å². The molecular formula is C14H11ClO. The van der Waals surface area contributed by atoms with E-state index in [1.807, 2.05) is 60.7 Å². The van der Waals surface area contributed by atoms with Crippen LogP contribution in [0.3, 0.4) is 0 Å². The summed E-state index contributed by atoms with van der Waals surface area (Å²) in [5.41, 5.74) is 1.99. The van der Waals surface area contributed by atoms with E-state index in [0.717, 1.165) is 11.1 Å². The van der Waals surface area contributed by atoms with Crippen molar-refractivity contribution in [2.75, 3.05) is 0 Å². The average molecular weight is 231 g/mol. The Morgan fingerprint density at radius 2 is 1.94 bits per heavy atom. The molecule has 1 aliphatic carbocycles. The van der Waals surface area contributed by atoms with Crippen molar-refractivity contribution in [3.8, 4) is 0 Å². The highest BCUT2D eigenvalue weighted by molar-refractivity contribution is 6.64. The second kappa shape index (κ2) is 4.95. The molecule has 0 bridgehead atoms. The lowest BCUT2D eigenvalue weighted by Crippen LogP contribution is -2.09. The molecule has 16 heavy (non-hydrogen) atoms. The predicted octanol–water partition coefficient (Wildman–Crippen LogP) is 3.58. The van der Waals surface area contributed by atoms with Crippen LogP contribution in [0, 0.1) is 5.92 Å². The number of benzene rings is 1. The van der Waals surface area contributed by atoms with Gasteiger partial charge in [-0.2, -0.15) is 0 Å². The van der Waals surface area contributed by atoms with E-state index in [1.54, 1.807) is 0 Å². The van der Waals surface area contributed by atoms with Gasteiger partial charge in [0.15, 0.2) is 0 Å². The van der Waals surface area contributed by atoms with Crippen molar-refractivity contribution in [1.29, 1.82) is 0 Å². The van der Waals surface area contributed by atoms with Crippen LogP contribution in [-0.4, -0.2) is 5.24 Å². The van der Waals surface area contributed by atoms with Gasteiger partial charge in [0, 0.05) is 0 Å². The summed E-state index contributed by atoms with van der Waals surface area (Å²) in [6, 6.07) is 9.88. The van der Waals surface area contributed by atoms with Crippen molar-refractivity contribution in [1.82, 2.24) is 0 Å². The van der Waals surface area contributed by atoms with E-state index in [4.69, 9.17) is 11.6 Å². The van der Waals surface area contributed by atoms with Gasteiger partial charge in [0.25, 0.3) is 0 Å². The van der Waals surface area contributed by atoms with Gasteiger partial charge in [-0.05, 0) is 22.7 Å². The number of halogens is 1. The predicted molar refractivity (Wildman–Crippen MR) is 67.0 cm³/mol. The van der Waals surface area contributed by atoms with Crippen molar-refractivity contribution in [3.05, 3.63) is 65.8 Å². The van der Waals surface area contributed by atoms with Crippen molar-refractivity contribution in [2.45, 2.75) is 0 Å². The Morgan fingerprint density at radius 1 is 1.19 bits per heavy atom. The molecule has 0 spiro atoms. The Kier molecular flexibility index (Phi) is 3.37. The van der Waals surface area contributed by atoms with Crippen molar-refractivity contribution >= 4 is 22.9 Å². The van der Waals surface area contributed by atoms with Crippen LogP contribution in [-0.2, 0) is 4.79 Å². The van der Waals surface area contributed by atoms with Crippen LogP contribution in [0.2, 0.25) is 0 Å². The summed E-state index contributed by atoms with van der Waals surface area (Å²) in [5.74, 6) is -0.327. The van der Waals surface area contributed by atoms with Crippen molar-refractivity contribution in [2.24, 2.45) is 5.92 Å². The van der Waals surface area contributed by atoms with E-state index in [0.29, 0.717) is 0 Å². The summed E-state index contributed by atoms with van der Waals surface area (Å²) in [4.78, 5) is 11.2. The number of carbonyl (C=O) groups is 1. The minimum Gasteiger partial charge on any atom is -0.280 e. The van der Waals surface area contributed by atoms with E-state index in [9.17, 15) is 4.79 Å². The molecule has 1 aliphatic rings. The summed E-state index contributed by atoms with van der Waals surface area (Å²) in [6.07, 6.45) is 9.45. The largest absolute Gasteiger partial charge is 0.280 e. The van der Waals surface area contributed by atoms with Crippen LogP contribution in [0.25, 0.3) is 6.08 Å². The zero-order valence-corrected chi connectivity index (χ0v) is 9.39. The number of carbonyl (C=O) groups excluding carboxylic acids is 1. The third-order valence-corrected chi connectivity index (χ3v) is 2.67. The Balaban J connectivity index is 2.32. The minimum atomic E-state index is -0.345. The maximum atomic E-state index is 11.2. The highest BCUT2D eigenvalue weighted by atomic mass is 35.5. The summed E-state index contributed by atoms with van der Waals surface area (Å²) >= 11 is 5.55. The van der Waals surface area contributed by atoms with Crippen LogP contribution in [0.4, 0.5) is 0 Å². The molecule has 2 rings (SSSR count). The lowest BCUT2D eigenvalue weighted by Gasteiger charge is -2.12. The van der Waals surface area contributed by atoms with E-state index >= 15 is 0 Å². The Bertz CT molecular complexity index is 469. The van der Waals surface area contributed by atoms with Crippen molar-refractivity contribution < 1.29 is 4.79 Å². The van der Waals surface area contributed by atoms with Crippen LogP contribution in [0.1, 0.15) is 5.56 Å². The molecule has 80 valence electrons. The Labute approximate surface area is 99.7 Å². The summed E-state index contributed by atoms with van der Waals surface area (Å²) in [5, 5.41) is -0.345. The smallest absolute Gasteiger partial charge is 0.232 e. The summed E-state index contributed by atoms with van der Waals surface area (Å²) < 4.78 is 0. The quantitative estimate of drug-likeness (QED) is 0.710. The Morgan fingerprint density at radius 3 is 2.62 bits per heavy atom. The monoisotopic (exact) mass is 230 g/mol. The number of allylic oxidation sites excluding steroid dienone is 5. The molecule has 0 fully saturated rings. The molecule has 0 saturated carbocycles. The second-order valence-electron chi connectivity index (χ2n) is 3.58. The molecule has 1 aromatic carbocycles. The Hall–Kier alpha value is -1.60. The van der Waals surface area contributed by atoms with Gasteiger partial charge in [-0.25, -0.2) is 0 Å². The molecular weight excluding hydrogens is 220 g/mol. The summed E-state index contributed by atoms with van der Waals surface area (Å²) in [6.45, 7) is 0. The van der Waals surface area contributed by atoms with E-state index in [-0.39, 0.29) is 11.2 Å². The third kappa shape index (κ3) is 2.50. The molecule has 0 aromatic heterocycles. The molecule has 0 aliphatic heterocycles. The molecule has 0 amide bonds. The number of rotatable bonds is 2. The van der Waals surface area contributed by atoms with Gasteiger partial charge in [0.1, 0.15) is 0 Å². The van der Waals surface area contributed by atoms with E-state index in [1.165, 1.54) is 0 Å². The van der Waals surface area contributed by atoms with Gasteiger partial charge >= 0.3 is 0 Å². The molecule has 1 atom stereocenters. The number of hydrogen-bond acceptors (Lipinski definition) is 1. The highest BCUT2D eigenvalue weighted by Gasteiger charge is 2.17. The molecule has 1 unspecified atom stereocenters. The first-order chi connectivity index (χ1) is 7.77. The first-order valence-electron chi connectivity index (χ1n) is 5.08.